The third-order valence-electron chi connectivity index (χ3n) is 4.45. The first-order chi connectivity index (χ1) is 14.0. The van der Waals surface area contributed by atoms with E-state index < -0.39 is 5.82 Å². The van der Waals surface area contributed by atoms with Gasteiger partial charge in [0.05, 0.1) is 46.0 Å². The minimum absolute atomic E-state index is 0.0864. The van der Waals surface area contributed by atoms with E-state index in [1.165, 1.54) is 21.3 Å². The molecule has 156 valence electrons. The molecule has 0 bridgehead atoms. The lowest BCUT2D eigenvalue weighted by molar-refractivity contribution is 0.0981. The number of likely N-dealkylation sites (tertiary alicyclic amines) is 1. The molecule has 9 nitrogen and oxygen atoms in total. The molecule has 3 rings (SSSR count). The van der Waals surface area contributed by atoms with Crippen LogP contribution in [0.5, 0.6) is 23.3 Å². The standard InChI is InChI=1S/C19H23FN4O5/c1-26-15-7-13(8-16(27-2)17(15)28-3)23-19(25)24-6-4-5-14(11-24)29-18-21-9-12(20)10-22-18/h7-10,14H,4-6,11H2,1-3H3,(H,23,25). The van der Waals surface area contributed by atoms with E-state index in [1.807, 2.05) is 0 Å². The number of halogens is 1. The predicted molar refractivity (Wildman–Crippen MR) is 102 cm³/mol. The van der Waals surface area contributed by atoms with Crippen LogP contribution in [-0.2, 0) is 0 Å². The third kappa shape index (κ3) is 4.95. The Morgan fingerprint density at radius 3 is 2.38 bits per heavy atom. The van der Waals surface area contributed by atoms with Crippen LogP contribution in [-0.4, -0.2) is 61.4 Å². The van der Waals surface area contributed by atoms with E-state index >= 15 is 0 Å². The lowest BCUT2D eigenvalue weighted by Gasteiger charge is -2.32. The summed E-state index contributed by atoms with van der Waals surface area (Å²) in [4.78, 5) is 22.0. The molecule has 1 aliphatic rings. The summed E-state index contributed by atoms with van der Waals surface area (Å²) in [7, 11) is 4.53. The van der Waals surface area contributed by atoms with Gasteiger partial charge in [-0.1, -0.05) is 0 Å². The number of rotatable bonds is 6. The number of aromatic nitrogens is 2. The first-order valence-electron chi connectivity index (χ1n) is 9.04. The van der Waals surface area contributed by atoms with Gasteiger partial charge in [-0.05, 0) is 12.8 Å². The number of methoxy groups -OCH3 is 3. The van der Waals surface area contributed by atoms with E-state index in [1.54, 1.807) is 17.0 Å². The van der Waals surface area contributed by atoms with Gasteiger partial charge in [0.15, 0.2) is 17.3 Å². The summed E-state index contributed by atoms with van der Waals surface area (Å²) in [6.07, 6.45) is 3.31. The smallest absolute Gasteiger partial charge is 0.321 e. The Kier molecular flexibility index (Phi) is 6.53. The zero-order chi connectivity index (χ0) is 20.8. The van der Waals surface area contributed by atoms with E-state index in [2.05, 4.69) is 15.3 Å². The number of nitrogens with one attached hydrogen (secondary N) is 1. The number of hydrogen-bond acceptors (Lipinski definition) is 7. The van der Waals surface area contributed by atoms with Gasteiger partial charge in [0, 0.05) is 18.7 Å². The molecule has 1 aromatic heterocycles. The van der Waals surface area contributed by atoms with Crippen molar-refractivity contribution in [1.29, 1.82) is 0 Å². The molecule has 2 amide bonds. The Balaban J connectivity index is 1.66. The number of anilines is 1. The van der Waals surface area contributed by atoms with Crippen molar-refractivity contribution in [2.24, 2.45) is 0 Å². The fourth-order valence-electron chi connectivity index (χ4n) is 3.09. The maximum Gasteiger partial charge on any atom is 0.321 e. The molecule has 0 saturated carbocycles. The van der Waals surface area contributed by atoms with Crippen LogP contribution in [0.25, 0.3) is 0 Å². The summed E-state index contributed by atoms with van der Waals surface area (Å²) in [5.41, 5.74) is 0.509. The summed E-state index contributed by atoms with van der Waals surface area (Å²) >= 11 is 0. The number of carbonyl (C=O) groups is 1. The molecule has 1 aliphatic heterocycles. The van der Waals surface area contributed by atoms with Crippen LogP contribution in [0.15, 0.2) is 24.5 Å². The number of amides is 2. The van der Waals surface area contributed by atoms with Crippen LogP contribution in [0.1, 0.15) is 12.8 Å². The normalized spacial score (nSPS) is 16.1. The zero-order valence-corrected chi connectivity index (χ0v) is 16.5. The van der Waals surface area contributed by atoms with Crippen molar-refractivity contribution in [2.45, 2.75) is 18.9 Å². The van der Waals surface area contributed by atoms with E-state index in [0.717, 1.165) is 25.2 Å². The zero-order valence-electron chi connectivity index (χ0n) is 16.5. The SMILES string of the molecule is COc1cc(NC(=O)N2CCCC(Oc3ncc(F)cn3)C2)cc(OC)c1OC. The van der Waals surface area contributed by atoms with Crippen molar-refractivity contribution in [2.75, 3.05) is 39.7 Å². The average Bonchev–Trinajstić information content (AvgIpc) is 2.74. The molecule has 2 heterocycles. The molecule has 1 N–H and O–H groups in total. The highest BCUT2D eigenvalue weighted by molar-refractivity contribution is 5.90. The van der Waals surface area contributed by atoms with Crippen molar-refractivity contribution in [3.8, 4) is 23.3 Å². The molecule has 2 aromatic rings. The van der Waals surface area contributed by atoms with Gasteiger partial charge in [-0.2, -0.15) is 0 Å². The summed E-state index contributed by atoms with van der Waals surface area (Å²) in [5, 5.41) is 2.84. The van der Waals surface area contributed by atoms with E-state index in [9.17, 15) is 9.18 Å². The van der Waals surface area contributed by atoms with Gasteiger partial charge in [0.25, 0.3) is 0 Å². The number of nitrogens with zero attached hydrogens (tertiary/aromatic N) is 3. The Morgan fingerprint density at radius 1 is 1.14 bits per heavy atom. The molecule has 0 radical (unpaired) electrons. The first-order valence-corrected chi connectivity index (χ1v) is 9.04. The average molecular weight is 406 g/mol. The monoisotopic (exact) mass is 406 g/mol. The molecule has 1 atom stereocenters. The summed E-state index contributed by atoms with van der Waals surface area (Å²) in [6, 6.07) is 3.11. The van der Waals surface area contributed by atoms with Crippen molar-refractivity contribution < 1.29 is 28.1 Å². The third-order valence-corrected chi connectivity index (χ3v) is 4.45. The topological polar surface area (TPSA) is 95.0 Å². The minimum atomic E-state index is -0.535. The Morgan fingerprint density at radius 2 is 1.79 bits per heavy atom. The second-order valence-electron chi connectivity index (χ2n) is 6.36. The fraction of sp³-hybridized carbons (Fsp3) is 0.421. The Bertz CT molecular complexity index is 824. The van der Waals surface area contributed by atoms with Crippen molar-refractivity contribution >= 4 is 11.7 Å². The van der Waals surface area contributed by atoms with Crippen molar-refractivity contribution in [3.63, 3.8) is 0 Å². The molecule has 0 spiro atoms. The maximum atomic E-state index is 12.9. The fourth-order valence-corrected chi connectivity index (χ4v) is 3.09. The second kappa shape index (κ2) is 9.26. The van der Waals surface area contributed by atoms with E-state index in [0.29, 0.717) is 36.0 Å². The van der Waals surface area contributed by atoms with Crippen LogP contribution < -0.4 is 24.3 Å². The van der Waals surface area contributed by atoms with E-state index in [-0.39, 0.29) is 18.1 Å². The molecule has 1 fully saturated rings. The van der Waals surface area contributed by atoms with Gasteiger partial charge in [-0.15, -0.1) is 0 Å². The molecular formula is C19H23FN4O5. The Labute approximate surface area is 167 Å². The quantitative estimate of drug-likeness (QED) is 0.788. The van der Waals surface area contributed by atoms with Gasteiger partial charge >= 0.3 is 12.0 Å². The lowest BCUT2D eigenvalue weighted by Crippen LogP contribution is -2.46. The highest BCUT2D eigenvalue weighted by Gasteiger charge is 2.26. The predicted octanol–water partition coefficient (Wildman–Crippen LogP) is 2.72. The van der Waals surface area contributed by atoms with Crippen LogP contribution in [0.4, 0.5) is 14.9 Å². The number of benzene rings is 1. The van der Waals surface area contributed by atoms with Gasteiger partial charge in [-0.25, -0.2) is 19.2 Å². The van der Waals surface area contributed by atoms with Gasteiger partial charge in [0.1, 0.15) is 6.10 Å². The minimum Gasteiger partial charge on any atom is -0.493 e. The van der Waals surface area contributed by atoms with Gasteiger partial charge in [-0.3, -0.25) is 0 Å². The summed E-state index contributed by atoms with van der Waals surface area (Å²) in [5.74, 6) is 0.789. The highest BCUT2D eigenvalue weighted by Crippen LogP contribution is 2.40. The molecule has 1 unspecified atom stereocenters. The van der Waals surface area contributed by atoms with E-state index in [4.69, 9.17) is 18.9 Å². The molecule has 0 aliphatic carbocycles. The van der Waals surface area contributed by atoms with Crippen LogP contribution in [0, 0.1) is 5.82 Å². The summed E-state index contributed by atoms with van der Waals surface area (Å²) < 4.78 is 34.5. The van der Waals surface area contributed by atoms with Crippen LogP contribution in [0.2, 0.25) is 0 Å². The second-order valence-corrected chi connectivity index (χ2v) is 6.36. The first kappa shape index (κ1) is 20.4. The molecule has 1 aromatic carbocycles. The van der Waals surface area contributed by atoms with Gasteiger partial charge in [0.2, 0.25) is 5.75 Å². The number of piperidine rings is 1. The molecule has 29 heavy (non-hydrogen) atoms. The van der Waals surface area contributed by atoms with Crippen molar-refractivity contribution in [3.05, 3.63) is 30.3 Å². The van der Waals surface area contributed by atoms with Crippen molar-refractivity contribution in [1.82, 2.24) is 14.9 Å². The van der Waals surface area contributed by atoms with Crippen LogP contribution >= 0.6 is 0 Å². The van der Waals surface area contributed by atoms with Crippen LogP contribution in [0.3, 0.4) is 0 Å². The lowest BCUT2D eigenvalue weighted by atomic mass is 10.1. The highest BCUT2D eigenvalue weighted by atomic mass is 19.1. The number of hydrogen-bond donors (Lipinski definition) is 1. The summed E-state index contributed by atoms with van der Waals surface area (Å²) in [6.45, 7) is 0.942. The largest absolute Gasteiger partial charge is 0.493 e. The molecule has 10 heteroatoms. The maximum absolute atomic E-state index is 12.9. The molecule has 1 saturated heterocycles. The Hall–Kier alpha value is -3.30. The number of urea groups is 1. The number of ether oxygens (including phenoxy) is 4. The number of carbonyl (C=O) groups excluding carboxylic acids is 1. The molecular weight excluding hydrogens is 383 g/mol. The van der Waals surface area contributed by atoms with Gasteiger partial charge < -0.3 is 29.2 Å².